The van der Waals surface area contributed by atoms with Gasteiger partial charge in [-0.1, -0.05) is 47.1 Å². The average Bonchev–Trinajstić information content (AvgIpc) is 2.81. The molecule has 0 amide bonds. The van der Waals surface area contributed by atoms with Gasteiger partial charge in [-0.25, -0.2) is 4.98 Å². The summed E-state index contributed by atoms with van der Waals surface area (Å²) in [6.07, 6.45) is 10.2. The number of aromatic nitrogens is 1. The molecule has 6 nitrogen and oxygen atoms in total. The van der Waals surface area contributed by atoms with Crippen molar-refractivity contribution in [3.8, 4) is 0 Å². The summed E-state index contributed by atoms with van der Waals surface area (Å²) in [4.78, 5) is 10.8. The Kier molecular flexibility index (Phi) is 26.2. The van der Waals surface area contributed by atoms with Crippen LogP contribution < -0.4 is 22.1 Å². The molecule has 6 N–H and O–H groups in total. The minimum absolute atomic E-state index is 0.150. The van der Waals surface area contributed by atoms with Gasteiger partial charge >= 0.3 is 0 Å². The normalized spacial score (nSPS) is 12.6. The first-order valence-corrected chi connectivity index (χ1v) is 12.3. The molecule has 2 atom stereocenters. The highest BCUT2D eigenvalue weighted by Crippen LogP contribution is 2.18. The quantitative estimate of drug-likeness (QED) is 0.302. The lowest BCUT2D eigenvalue weighted by molar-refractivity contribution is 0.551. The summed E-state index contributed by atoms with van der Waals surface area (Å²) in [5, 5.41) is 0. The molecule has 0 saturated heterocycles. The summed E-state index contributed by atoms with van der Waals surface area (Å²) in [6.45, 7) is 22.3. The SMILES string of the molecule is C=NC(CC)[C@H](C)N.CCC.CCCN(CCC)c1ccc(/C(C)=C\C(C)=C\N)cn1.CN. The Labute approximate surface area is 205 Å². The maximum atomic E-state index is 5.52. The highest BCUT2D eigenvalue weighted by molar-refractivity contribution is 5.66. The maximum absolute atomic E-state index is 5.52. The molecule has 0 saturated carbocycles. The Morgan fingerprint density at radius 2 is 1.61 bits per heavy atom. The van der Waals surface area contributed by atoms with E-state index in [1.54, 1.807) is 6.20 Å². The molecule has 6 heteroatoms. The van der Waals surface area contributed by atoms with Crippen LogP contribution in [0.15, 0.2) is 41.2 Å². The van der Waals surface area contributed by atoms with Crippen LogP contribution in [0.3, 0.4) is 0 Å². The largest absolute Gasteiger partial charge is 0.404 e. The van der Waals surface area contributed by atoms with Crippen LogP contribution >= 0.6 is 0 Å². The molecule has 0 aliphatic heterocycles. The number of rotatable bonds is 10. The zero-order valence-electron chi connectivity index (χ0n) is 23.1. The molecule has 1 aromatic heterocycles. The number of anilines is 1. The van der Waals surface area contributed by atoms with Crippen LogP contribution in [0.5, 0.6) is 0 Å². The third kappa shape index (κ3) is 18.0. The molecule has 0 aliphatic carbocycles. The Hall–Kier alpha value is -2.18. The number of nitrogens with zero attached hydrogens (tertiary/aromatic N) is 3. The van der Waals surface area contributed by atoms with E-state index in [1.165, 1.54) is 19.0 Å². The van der Waals surface area contributed by atoms with E-state index < -0.39 is 0 Å². The molecule has 0 fully saturated rings. The first-order chi connectivity index (χ1) is 15.7. The van der Waals surface area contributed by atoms with Crippen molar-refractivity contribution in [1.82, 2.24) is 4.98 Å². The summed E-state index contributed by atoms with van der Waals surface area (Å²) in [5.41, 5.74) is 18.9. The zero-order chi connectivity index (χ0) is 26.2. The van der Waals surface area contributed by atoms with E-state index in [2.05, 4.69) is 87.1 Å². The zero-order valence-corrected chi connectivity index (χ0v) is 23.1. The number of allylic oxidation sites excluding steroid dienone is 3. The number of hydrogen-bond donors (Lipinski definition) is 3. The third-order valence-electron chi connectivity index (χ3n) is 4.48. The maximum Gasteiger partial charge on any atom is 0.128 e. The molecule has 0 aromatic carbocycles. The Morgan fingerprint density at radius 1 is 1.09 bits per heavy atom. The topological polar surface area (TPSA) is 107 Å². The predicted octanol–water partition coefficient (Wildman–Crippen LogP) is 5.78. The van der Waals surface area contributed by atoms with Crippen molar-refractivity contribution in [2.24, 2.45) is 22.2 Å². The highest BCUT2D eigenvalue weighted by Gasteiger charge is 2.06. The molecule has 192 valence electrons. The van der Waals surface area contributed by atoms with Crippen LogP contribution in [0, 0.1) is 0 Å². The molecule has 33 heavy (non-hydrogen) atoms. The fraction of sp³-hybridized carbons (Fsp3) is 0.630. The van der Waals surface area contributed by atoms with E-state index in [0.29, 0.717) is 0 Å². The van der Waals surface area contributed by atoms with Crippen LogP contribution in [0.25, 0.3) is 5.57 Å². The van der Waals surface area contributed by atoms with Crippen LogP contribution in [0.1, 0.15) is 86.6 Å². The second kappa shape index (κ2) is 24.5. The molecule has 0 aliphatic rings. The smallest absolute Gasteiger partial charge is 0.128 e. The lowest BCUT2D eigenvalue weighted by atomic mass is 10.1. The first kappa shape index (κ1) is 35.4. The molecule has 1 unspecified atom stereocenters. The van der Waals surface area contributed by atoms with Gasteiger partial charge in [0.15, 0.2) is 0 Å². The third-order valence-corrected chi connectivity index (χ3v) is 4.48. The van der Waals surface area contributed by atoms with E-state index in [1.807, 2.05) is 20.0 Å². The average molecular weight is 463 g/mol. The van der Waals surface area contributed by atoms with Gasteiger partial charge in [0.1, 0.15) is 5.82 Å². The van der Waals surface area contributed by atoms with E-state index in [4.69, 9.17) is 11.5 Å². The fourth-order valence-corrected chi connectivity index (χ4v) is 2.83. The molecular weight excluding hydrogens is 408 g/mol. The minimum Gasteiger partial charge on any atom is -0.404 e. The standard InChI is InChI=1S/C17H27N3.C6H14N2.C3H8.CH5N/c1-5-9-20(10-6-2)17-8-7-16(13-19-17)15(4)11-14(3)12-18;1-4-6(8-3)5(2)7;1-3-2;1-2/h7-8,11-13H,5-6,9-10,18H2,1-4H3;5-6H,3-4,7H2,1-2H3;3H2,1-2H3;2H2,1H3/b14-12+,15-11-;;;/t;5-,6?;;/m.0../s1. The van der Waals surface area contributed by atoms with Gasteiger partial charge in [0.25, 0.3) is 0 Å². The van der Waals surface area contributed by atoms with Gasteiger partial charge < -0.3 is 22.1 Å². The predicted molar refractivity (Wildman–Crippen MR) is 152 cm³/mol. The van der Waals surface area contributed by atoms with Gasteiger partial charge in [0, 0.05) is 25.3 Å². The van der Waals surface area contributed by atoms with E-state index in [9.17, 15) is 0 Å². The van der Waals surface area contributed by atoms with Gasteiger partial charge in [-0.15, -0.1) is 0 Å². The number of aliphatic imine (C=N–C) groups is 1. The highest BCUT2D eigenvalue weighted by atomic mass is 15.2. The van der Waals surface area contributed by atoms with Crippen molar-refractivity contribution >= 4 is 18.1 Å². The molecule has 0 bridgehead atoms. The molecule has 0 radical (unpaired) electrons. The minimum atomic E-state index is 0.150. The Balaban J connectivity index is -0.000000575. The second-order valence-corrected chi connectivity index (χ2v) is 7.85. The summed E-state index contributed by atoms with van der Waals surface area (Å²) < 4.78 is 0. The van der Waals surface area contributed by atoms with Crippen LogP contribution in [-0.2, 0) is 0 Å². The molecule has 0 spiro atoms. The van der Waals surface area contributed by atoms with Crippen LogP contribution in [0.4, 0.5) is 5.82 Å². The van der Waals surface area contributed by atoms with E-state index >= 15 is 0 Å². The summed E-state index contributed by atoms with van der Waals surface area (Å²) >= 11 is 0. The lowest BCUT2D eigenvalue weighted by Gasteiger charge is -2.22. The number of pyridine rings is 1. The number of hydrogen-bond acceptors (Lipinski definition) is 6. The van der Waals surface area contributed by atoms with Crippen LogP contribution in [0.2, 0.25) is 0 Å². The van der Waals surface area contributed by atoms with Gasteiger partial charge in [0.05, 0.1) is 6.04 Å². The van der Waals surface area contributed by atoms with Crippen molar-refractivity contribution in [1.29, 1.82) is 0 Å². The molecule has 1 aromatic rings. The van der Waals surface area contributed by atoms with Gasteiger partial charge in [0.2, 0.25) is 0 Å². The monoisotopic (exact) mass is 462 g/mol. The van der Waals surface area contributed by atoms with Crippen molar-refractivity contribution < 1.29 is 0 Å². The van der Waals surface area contributed by atoms with Crippen molar-refractivity contribution in [3.63, 3.8) is 0 Å². The molecule has 1 heterocycles. The summed E-state index contributed by atoms with van der Waals surface area (Å²) in [5.74, 6) is 1.07. The van der Waals surface area contributed by atoms with Crippen molar-refractivity contribution in [2.75, 3.05) is 25.0 Å². The van der Waals surface area contributed by atoms with Gasteiger partial charge in [-0.3, -0.25) is 4.99 Å². The fourth-order valence-electron chi connectivity index (χ4n) is 2.83. The van der Waals surface area contributed by atoms with E-state index in [0.717, 1.165) is 49.3 Å². The van der Waals surface area contributed by atoms with Crippen molar-refractivity contribution in [3.05, 3.63) is 41.7 Å². The van der Waals surface area contributed by atoms with Gasteiger partial charge in [-0.2, -0.15) is 0 Å². The number of nitrogens with two attached hydrogens (primary N) is 3. The summed E-state index contributed by atoms with van der Waals surface area (Å²) in [7, 11) is 1.50. The van der Waals surface area contributed by atoms with E-state index in [-0.39, 0.29) is 12.1 Å². The Morgan fingerprint density at radius 3 is 1.88 bits per heavy atom. The molecule has 1 rings (SSSR count). The Bertz CT molecular complexity index is 614. The second-order valence-electron chi connectivity index (χ2n) is 7.85. The first-order valence-electron chi connectivity index (χ1n) is 12.3. The summed E-state index contributed by atoms with van der Waals surface area (Å²) in [6, 6.07) is 4.64. The van der Waals surface area contributed by atoms with Gasteiger partial charge in [-0.05, 0) is 88.8 Å². The molecular formula is C27H54N6. The lowest BCUT2D eigenvalue weighted by Crippen LogP contribution is -2.29. The van der Waals surface area contributed by atoms with Crippen molar-refractivity contribution in [2.45, 2.75) is 93.2 Å². The van der Waals surface area contributed by atoms with Crippen LogP contribution in [-0.4, -0.2) is 43.9 Å².